The average molecular weight is 321 g/mol. The van der Waals surface area contributed by atoms with Crippen molar-refractivity contribution in [2.24, 2.45) is 0 Å². The number of hydrogen-bond donors (Lipinski definition) is 1. The van der Waals surface area contributed by atoms with E-state index in [9.17, 15) is 0 Å². The van der Waals surface area contributed by atoms with Crippen molar-refractivity contribution in [1.29, 1.82) is 0 Å². The van der Waals surface area contributed by atoms with Crippen LogP contribution in [0, 0.1) is 6.92 Å². The van der Waals surface area contributed by atoms with Crippen molar-refractivity contribution in [3.8, 4) is 0 Å². The van der Waals surface area contributed by atoms with Crippen LogP contribution in [-0.2, 0) is 0 Å². The highest BCUT2D eigenvalue weighted by Crippen LogP contribution is 2.27. The van der Waals surface area contributed by atoms with Gasteiger partial charge in [0, 0.05) is 27.9 Å². The van der Waals surface area contributed by atoms with Gasteiger partial charge in [0.05, 0.1) is 11.2 Å². The fourth-order valence-electron chi connectivity index (χ4n) is 1.63. The summed E-state index contributed by atoms with van der Waals surface area (Å²) in [5, 5.41) is 4.14. The molecule has 0 saturated heterocycles. The Labute approximate surface area is 116 Å². The molecule has 0 spiro atoms. The molecule has 0 aromatic carbocycles. The minimum absolute atomic E-state index is 0.841. The van der Waals surface area contributed by atoms with Gasteiger partial charge in [-0.1, -0.05) is 0 Å². The zero-order valence-corrected chi connectivity index (χ0v) is 11.9. The maximum Gasteiger partial charge on any atom is 0.187 e. The molecule has 0 aliphatic carbocycles. The fraction of sp³-hybridized carbons (Fsp3) is 0.0833. The van der Waals surface area contributed by atoms with Crippen molar-refractivity contribution in [2.45, 2.75) is 6.92 Å². The van der Waals surface area contributed by atoms with Crippen molar-refractivity contribution in [2.75, 3.05) is 5.32 Å². The number of pyridine rings is 2. The maximum absolute atomic E-state index is 4.39. The lowest BCUT2D eigenvalue weighted by Crippen LogP contribution is -1.93. The largest absolute Gasteiger partial charge is 0.330 e. The number of nitrogens with zero attached hydrogens (tertiary/aromatic N) is 3. The number of hydrogen-bond acceptors (Lipinski definition) is 5. The number of fused-ring (bicyclic) bond motifs is 1. The van der Waals surface area contributed by atoms with Crippen LogP contribution in [0.15, 0.2) is 35.2 Å². The Bertz CT molecular complexity index is 710. The summed E-state index contributed by atoms with van der Waals surface area (Å²) in [5.74, 6) is 0. The van der Waals surface area contributed by atoms with Gasteiger partial charge in [-0.25, -0.2) is 4.98 Å². The predicted octanol–water partition coefficient (Wildman–Crippen LogP) is 3.90. The number of anilines is 2. The van der Waals surface area contributed by atoms with E-state index in [1.165, 1.54) is 4.88 Å². The third kappa shape index (κ3) is 2.21. The molecule has 0 saturated carbocycles. The van der Waals surface area contributed by atoms with Gasteiger partial charge >= 0.3 is 0 Å². The Morgan fingerprint density at radius 3 is 2.89 bits per heavy atom. The number of rotatable bonds is 2. The maximum atomic E-state index is 4.39. The normalized spacial score (nSPS) is 10.8. The Kier molecular flexibility index (Phi) is 2.97. The number of nitrogens with one attached hydrogen (secondary N) is 1. The topological polar surface area (TPSA) is 50.7 Å². The van der Waals surface area contributed by atoms with Crippen LogP contribution in [0.25, 0.3) is 11.0 Å². The van der Waals surface area contributed by atoms with E-state index in [1.54, 1.807) is 23.7 Å². The smallest absolute Gasteiger partial charge is 0.187 e. The zero-order chi connectivity index (χ0) is 12.5. The molecule has 0 aliphatic rings. The summed E-state index contributed by atoms with van der Waals surface area (Å²) in [6.07, 6.45) is 5.38. The molecule has 4 nitrogen and oxygen atoms in total. The summed E-state index contributed by atoms with van der Waals surface area (Å²) in [6, 6.07) is 3.85. The molecule has 6 heteroatoms. The van der Waals surface area contributed by atoms with Crippen LogP contribution in [0.3, 0.4) is 0 Å². The number of thiazole rings is 1. The van der Waals surface area contributed by atoms with Gasteiger partial charge in [-0.05, 0) is 35.0 Å². The summed E-state index contributed by atoms with van der Waals surface area (Å²) in [4.78, 5) is 14.1. The molecule has 0 aliphatic heterocycles. The second-order valence-corrected chi connectivity index (χ2v) is 5.93. The highest BCUT2D eigenvalue weighted by Gasteiger charge is 2.06. The third-order valence-corrected chi connectivity index (χ3v) is 3.67. The molecule has 0 bridgehead atoms. The molecule has 3 aromatic rings. The van der Waals surface area contributed by atoms with Crippen molar-refractivity contribution in [3.63, 3.8) is 0 Å². The lowest BCUT2D eigenvalue weighted by molar-refractivity contribution is 1.31. The first-order chi connectivity index (χ1) is 8.72. The van der Waals surface area contributed by atoms with Gasteiger partial charge in [0.1, 0.15) is 5.52 Å². The quantitative estimate of drug-likeness (QED) is 0.778. The summed E-state index contributed by atoms with van der Waals surface area (Å²) in [7, 11) is 0. The summed E-state index contributed by atoms with van der Waals surface area (Å²) in [5.41, 5.74) is 2.61. The van der Waals surface area contributed by atoms with Crippen LogP contribution < -0.4 is 5.32 Å². The first-order valence-corrected chi connectivity index (χ1v) is 6.93. The minimum atomic E-state index is 0.841. The summed E-state index contributed by atoms with van der Waals surface area (Å²) >= 11 is 5.01. The van der Waals surface area contributed by atoms with Gasteiger partial charge in [0.25, 0.3) is 0 Å². The van der Waals surface area contributed by atoms with Crippen LogP contribution in [0.1, 0.15) is 4.88 Å². The number of aromatic nitrogens is 3. The molecule has 3 heterocycles. The van der Waals surface area contributed by atoms with Gasteiger partial charge in [0.2, 0.25) is 0 Å². The Balaban J connectivity index is 2.06. The van der Waals surface area contributed by atoms with E-state index in [2.05, 4.69) is 36.2 Å². The van der Waals surface area contributed by atoms with E-state index < -0.39 is 0 Å². The first kappa shape index (κ1) is 11.6. The molecule has 0 fully saturated rings. The number of halogens is 1. The molecular weight excluding hydrogens is 312 g/mol. The molecule has 1 N–H and O–H groups in total. The zero-order valence-electron chi connectivity index (χ0n) is 9.51. The van der Waals surface area contributed by atoms with E-state index in [0.29, 0.717) is 0 Å². The fourth-order valence-corrected chi connectivity index (χ4v) is 2.63. The van der Waals surface area contributed by atoms with Gasteiger partial charge in [0.15, 0.2) is 5.13 Å². The Morgan fingerprint density at radius 2 is 2.11 bits per heavy atom. The van der Waals surface area contributed by atoms with Crippen molar-refractivity contribution >= 4 is 49.1 Å². The summed E-state index contributed by atoms with van der Waals surface area (Å²) < 4.78 is 0.921. The highest BCUT2D eigenvalue weighted by atomic mass is 79.9. The van der Waals surface area contributed by atoms with Crippen LogP contribution in [-0.4, -0.2) is 15.0 Å². The van der Waals surface area contributed by atoms with Crippen LogP contribution in [0.5, 0.6) is 0 Å². The second kappa shape index (κ2) is 4.62. The first-order valence-electron chi connectivity index (χ1n) is 5.32. The molecule has 0 radical (unpaired) electrons. The molecule has 3 rings (SSSR count). The van der Waals surface area contributed by atoms with Crippen molar-refractivity contribution in [3.05, 3.63) is 40.1 Å². The van der Waals surface area contributed by atoms with E-state index in [0.717, 1.165) is 26.3 Å². The molecule has 3 aromatic heterocycles. The third-order valence-electron chi connectivity index (χ3n) is 2.41. The highest BCUT2D eigenvalue weighted by molar-refractivity contribution is 9.10. The molecule has 0 amide bonds. The number of aryl methyl sites for hydroxylation is 1. The SMILES string of the molecule is Cc1cnc(Nc2ccnc3cc(Br)cnc23)s1. The van der Waals surface area contributed by atoms with E-state index >= 15 is 0 Å². The second-order valence-electron chi connectivity index (χ2n) is 3.78. The van der Waals surface area contributed by atoms with E-state index in [-0.39, 0.29) is 0 Å². The molecular formula is C12H9BrN4S. The molecule has 0 atom stereocenters. The van der Waals surface area contributed by atoms with E-state index in [1.807, 2.05) is 25.3 Å². The van der Waals surface area contributed by atoms with E-state index in [4.69, 9.17) is 0 Å². The van der Waals surface area contributed by atoms with Crippen LogP contribution in [0.2, 0.25) is 0 Å². The lowest BCUT2D eigenvalue weighted by Gasteiger charge is -2.05. The molecule has 0 unspecified atom stereocenters. The van der Waals surface area contributed by atoms with Crippen LogP contribution in [0.4, 0.5) is 10.8 Å². The van der Waals surface area contributed by atoms with Gasteiger partial charge in [-0.15, -0.1) is 11.3 Å². The Hall–Kier alpha value is -1.53. The monoisotopic (exact) mass is 320 g/mol. The molecule has 90 valence electrons. The molecule has 18 heavy (non-hydrogen) atoms. The van der Waals surface area contributed by atoms with Crippen molar-refractivity contribution in [1.82, 2.24) is 15.0 Å². The standard InChI is InChI=1S/C12H9BrN4S/c1-7-5-16-12(18-7)17-9-2-3-14-10-4-8(13)6-15-11(9)10/h2-6H,1H3,(H,14,16,17). The van der Waals surface area contributed by atoms with Gasteiger partial charge in [-0.2, -0.15) is 0 Å². The van der Waals surface area contributed by atoms with Gasteiger partial charge < -0.3 is 5.32 Å². The van der Waals surface area contributed by atoms with Crippen LogP contribution >= 0.6 is 27.3 Å². The minimum Gasteiger partial charge on any atom is -0.330 e. The predicted molar refractivity (Wildman–Crippen MR) is 77.4 cm³/mol. The summed E-state index contributed by atoms with van der Waals surface area (Å²) in [6.45, 7) is 2.03. The Morgan fingerprint density at radius 1 is 1.22 bits per heavy atom. The average Bonchev–Trinajstić information content (AvgIpc) is 2.75. The lowest BCUT2D eigenvalue weighted by atomic mass is 10.3. The van der Waals surface area contributed by atoms with Gasteiger partial charge in [-0.3, -0.25) is 9.97 Å². The van der Waals surface area contributed by atoms with Crippen molar-refractivity contribution < 1.29 is 0 Å².